The van der Waals surface area contributed by atoms with Crippen LogP contribution in [0, 0.1) is 6.92 Å². The van der Waals surface area contributed by atoms with E-state index in [1.54, 1.807) is 23.0 Å². The molecule has 0 spiro atoms. The van der Waals surface area contributed by atoms with Crippen molar-refractivity contribution in [3.8, 4) is 11.3 Å². The third-order valence-electron chi connectivity index (χ3n) is 3.44. The van der Waals surface area contributed by atoms with Gasteiger partial charge in [-0.25, -0.2) is 0 Å². The Bertz CT molecular complexity index is 796. The third-order valence-corrected chi connectivity index (χ3v) is 3.44. The standard InChI is InChI=1S/C19H16N2O/c1-15-9-8-14-21(18(15)16-10-4-2-5-11-16)20-19(22)17-12-6-3-7-13-17/h2-14H,1H3. The van der Waals surface area contributed by atoms with E-state index in [-0.39, 0.29) is 5.90 Å². The topological polar surface area (TPSA) is 39.3 Å². The van der Waals surface area contributed by atoms with Crippen molar-refractivity contribution in [2.75, 3.05) is 0 Å². The monoisotopic (exact) mass is 288 g/mol. The Morgan fingerprint density at radius 1 is 0.864 bits per heavy atom. The number of pyridine rings is 1. The highest BCUT2D eigenvalue weighted by atomic mass is 16.3. The summed E-state index contributed by atoms with van der Waals surface area (Å²) in [4.78, 5) is 0. The molecule has 0 N–H and O–H groups in total. The van der Waals surface area contributed by atoms with Gasteiger partial charge in [-0.15, -0.1) is 0 Å². The highest BCUT2D eigenvalue weighted by Gasteiger charge is 2.15. The molecule has 0 aliphatic rings. The zero-order valence-corrected chi connectivity index (χ0v) is 12.3. The van der Waals surface area contributed by atoms with E-state index in [9.17, 15) is 5.11 Å². The molecular weight excluding hydrogens is 272 g/mol. The molecule has 0 aliphatic heterocycles. The maximum Gasteiger partial charge on any atom is 0.248 e. The second kappa shape index (κ2) is 6.22. The molecule has 1 aromatic heterocycles. The minimum Gasteiger partial charge on any atom is -0.854 e. The zero-order chi connectivity index (χ0) is 15.4. The molecule has 22 heavy (non-hydrogen) atoms. The Morgan fingerprint density at radius 3 is 2.18 bits per heavy atom. The molecule has 0 fully saturated rings. The fraction of sp³-hybridized carbons (Fsp3) is 0.0526. The average molecular weight is 288 g/mol. The van der Waals surface area contributed by atoms with Crippen LogP contribution in [0.2, 0.25) is 0 Å². The van der Waals surface area contributed by atoms with E-state index in [0.29, 0.717) is 5.56 Å². The van der Waals surface area contributed by atoms with Crippen molar-refractivity contribution in [3.63, 3.8) is 0 Å². The molecule has 108 valence electrons. The van der Waals surface area contributed by atoms with Gasteiger partial charge in [-0.2, -0.15) is 0 Å². The summed E-state index contributed by atoms with van der Waals surface area (Å²) >= 11 is 0. The number of nitrogens with zero attached hydrogens (tertiary/aromatic N) is 2. The molecule has 0 saturated heterocycles. The van der Waals surface area contributed by atoms with Gasteiger partial charge < -0.3 is 5.11 Å². The van der Waals surface area contributed by atoms with Gasteiger partial charge in [0.25, 0.3) is 0 Å². The van der Waals surface area contributed by atoms with Gasteiger partial charge in [0, 0.05) is 17.2 Å². The minimum atomic E-state index is -0.256. The molecule has 3 nitrogen and oxygen atoms in total. The number of hydrogen-bond acceptors (Lipinski definition) is 2. The van der Waals surface area contributed by atoms with Gasteiger partial charge >= 0.3 is 0 Å². The Labute approximate surface area is 129 Å². The van der Waals surface area contributed by atoms with Crippen LogP contribution in [0.1, 0.15) is 11.1 Å². The Balaban J connectivity index is 2.11. The first-order valence-corrected chi connectivity index (χ1v) is 7.14. The Morgan fingerprint density at radius 2 is 1.50 bits per heavy atom. The maximum absolute atomic E-state index is 12.3. The summed E-state index contributed by atoms with van der Waals surface area (Å²) in [5.41, 5.74) is 3.60. The highest BCUT2D eigenvalue weighted by molar-refractivity contribution is 5.89. The molecule has 3 aromatic rings. The molecule has 3 rings (SSSR count). The first-order chi connectivity index (χ1) is 10.8. The first kappa shape index (κ1) is 14.0. The van der Waals surface area contributed by atoms with Gasteiger partial charge in [-0.3, -0.25) is 0 Å². The first-order valence-electron chi connectivity index (χ1n) is 7.14. The van der Waals surface area contributed by atoms with E-state index in [1.807, 2.05) is 67.6 Å². The lowest BCUT2D eigenvalue weighted by atomic mass is 10.1. The molecule has 2 aromatic carbocycles. The molecule has 0 unspecified atom stereocenters. The second-order valence-corrected chi connectivity index (χ2v) is 5.02. The Kier molecular flexibility index (Phi) is 3.97. The smallest absolute Gasteiger partial charge is 0.248 e. The number of hydrogen-bond donors (Lipinski definition) is 0. The second-order valence-electron chi connectivity index (χ2n) is 5.02. The van der Waals surface area contributed by atoms with Gasteiger partial charge in [-0.05, 0) is 35.8 Å². The lowest BCUT2D eigenvalue weighted by molar-refractivity contribution is -0.670. The van der Waals surface area contributed by atoms with Gasteiger partial charge in [0.15, 0.2) is 0 Å². The summed E-state index contributed by atoms with van der Waals surface area (Å²) in [6, 6.07) is 23.0. The lowest BCUT2D eigenvalue weighted by Crippen LogP contribution is -2.36. The summed E-state index contributed by atoms with van der Waals surface area (Å²) in [6.07, 6.45) is 1.80. The summed E-state index contributed by atoms with van der Waals surface area (Å²) in [5.74, 6) is -0.256. The van der Waals surface area contributed by atoms with Crippen LogP contribution in [0.5, 0.6) is 0 Å². The summed E-state index contributed by atoms with van der Waals surface area (Å²) < 4.78 is 1.65. The normalized spacial score (nSPS) is 11.4. The highest BCUT2D eigenvalue weighted by Crippen LogP contribution is 2.18. The van der Waals surface area contributed by atoms with Gasteiger partial charge in [0.2, 0.25) is 11.9 Å². The quantitative estimate of drug-likeness (QED) is 0.415. The van der Waals surface area contributed by atoms with E-state index in [4.69, 9.17) is 0 Å². The maximum atomic E-state index is 12.3. The van der Waals surface area contributed by atoms with Crippen molar-refractivity contribution in [1.29, 1.82) is 0 Å². The van der Waals surface area contributed by atoms with E-state index in [1.165, 1.54) is 0 Å². The molecular formula is C19H16N2O. The summed E-state index contributed by atoms with van der Waals surface area (Å²) in [7, 11) is 0. The predicted molar refractivity (Wildman–Crippen MR) is 85.2 cm³/mol. The molecule has 0 radical (unpaired) electrons. The van der Waals surface area contributed by atoms with E-state index >= 15 is 0 Å². The summed E-state index contributed by atoms with van der Waals surface area (Å²) in [6.45, 7) is 2.02. The lowest BCUT2D eigenvalue weighted by Gasteiger charge is -2.08. The molecule has 0 atom stereocenters. The summed E-state index contributed by atoms with van der Waals surface area (Å²) in [5, 5.41) is 16.6. The van der Waals surface area contributed by atoms with Crippen molar-refractivity contribution in [1.82, 2.24) is 0 Å². The van der Waals surface area contributed by atoms with Crippen LogP contribution in [-0.2, 0) is 0 Å². The predicted octanol–water partition coefficient (Wildman–Crippen LogP) is 2.52. The number of rotatable bonds is 3. The van der Waals surface area contributed by atoms with Crippen LogP contribution in [0.15, 0.2) is 84.1 Å². The van der Waals surface area contributed by atoms with Crippen molar-refractivity contribution in [2.45, 2.75) is 6.92 Å². The van der Waals surface area contributed by atoms with Crippen LogP contribution in [0.4, 0.5) is 0 Å². The fourth-order valence-corrected chi connectivity index (χ4v) is 2.38. The van der Waals surface area contributed by atoms with E-state index < -0.39 is 0 Å². The average Bonchev–Trinajstić information content (AvgIpc) is 2.56. The van der Waals surface area contributed by atoms with Crippen LogP contribution in [0.25, 0.3) is 11.3 Å². The zero-order valence-electron chi connectivity index (χ0n) is 12.3. The van der Waals surface area contributed by atoms with Crippen molar-refractivity contribution in [3.05, 3.63) is 90.1 Å². The van der Waals surface area contributed by atoms with Gasteiger partial charge in [-0.1, -0.05) is 53.2 Å². The minimum absolute atomic E-state index is 0.256. The fourth-order valence-electron chi connectivity index (χ4n) is 2.38. The molecule has 3 heteroatoms. The molecule has 0 aliphatic carbocycles. The largest absolute Gasteiger partial charge is 0.854 e. The van der Waals surface area contributed by atoms with Gasteiger partial charge in [0.05, 0.1) is 5.90 Å². The molecule has 0 saturated carbocycles. The third kappa shape index (κ3) is 2.88. The van der Waals surface area contributed by atoms with Gasteiger partial charge in [0.1, 0.15) is 0 Å². The number of aromatic nitrogens is 1. The van der Waals surface area contributed by atoms with Crippen molar-refractivity contribution < 1.29 is 9.78 Å². The van der Waals surface area contributed by atoms with E-state index in [2.05, 4.69) is 5.10 Å². The van der Waals surface area contributed by atoms with E-state index in [0.717, 1.165) is 16.8 Å². The van der Waals surface area contributed by atoms with Crippen molar-refractivity contribution >= 4 is 5.90 Å². The van der Waals surface area contributed by atoms with Crippen molar-refractivity contribution in [2.24, 2.45) is 5.10 Å². The SMILES string of the molecule is Cc1ccc[n+](/N=C(\[O-])c2ccccc2)c1-c1ccccc1. The van der Waals surface area contributed by atoms with Crippen LogP contribution < -0.4 is 9.78 Å². The molecule has 0 bridgehead atoms. The molecule has 1 heterocycles. The van der Waals surface area contributed by atoms with Crippen LogP contribution >= 0.6 is 0 Å². The van der Waals surface area contributed by atoms with Crippen LogP contribution in [0.3, 0.4) is 0 Å². The van der Waals surface area contributed by atoms with Crippen LogP contribution in [-0.4, -0.2) is 5.90 Å². The Hall–Kier alpha value is -2.94. The number of benzene rings is 2. The molecule has 0 amide bonds. The number of aryl methyl sites for hydroxylation is 1.